The van der Waals surface area contributed by atoms with E-state index in [1.54, 1.807) is 23.2 Å². The molecule has 1 aromatic heterocycles. The fourth-order valence-electron chi connectivity index (χ4n) is 2.17. The van der Waals surface area contributed by atoms with Crippen LogP contribution in [0.15, 0.2) is 18.3 Å². The molecule has 2 atom stereocenters. The molecule has 1 fully saturated rings. The molecule has 1 aliphatic rings. The number of pyridine rings is 1. The highest BCUT2D eigenvalue weighted by Gasteiger charge is 2.28. The predicted octanol–water partition coefficient (Wildman–Crippen LogP) is 0.612. The molecule has 1 amide bonds. The third-order valence-corrected chi connectivity index (χ3v) is 2.96. The van der Waals surface area contributed by atoms with Crippen LogP contribution in [0.25, 0.3) is 0 Å². The fraction of sp³-hybridized carbons (Fsp3) is 0.538. The van der Waals surface area contributed by atoms with Crippen LogP contribution < -0.4 is 0 Å². The van der Waals surface area contributed by atoms with Gasteiger partial charge >= 0.3 is 0 Å². The Morgan fingerprint density at radius 2 is 2.39 bits per heavy atom. The Kier molecular flexibility index (Phi) is 3.93. The van der Waals surface area contributed by atoms with E-state index in [9.17, 15) is 4.79 Å². The molecule has 0 radical (unpaired) electrons. The number of amides is 1. The molecule has 2 heterocycles. The maximum absolute atomic E-state index is 12.3. The van der Waals surface area contributed by atoms with Crippen LogP contribution in [0.5, 0.6) is 0 Å². The summed E-state index contributed by atoms with van der Waals surface area (Å²) in [6.07, 6.45) is 1.29. The number of hydrogen-bond acceptors (Lipinski definition) is 4. The largest absolute Gasteiger partial charge is 0.394 e. The smallest absolute Gasteiger partial charge is 0.254 e. The Balaban J connectivity index is 2.13. The molecular weight excluding hydrogens is 232 g/mol. The predicted molar refractivity (Wildman–Crippen MR) is 66.3 cm³/mol. The average Bonchev–Trinajstić information content (AvgIpc) is 2.37. The average molecular weight is 250 g/mol. The number of carbonyl (C=O) groups excluding carboxylic acids is 1. The zero-order valence-corrected chi connectivity index (χ0v) is 10.7. The third kappa shape index (κ3) is 2.86. The summed E-state index contributed by atoms with van der Waals surface area (Å²) in [6.45, 7) is 4.68. The number of aromatic nitrogens is 1. The number of ether oxygens (including phenoxy) is 1. The van der Waals surface area contributed by atoms with Crippen molar-refractivity contribution in [3.63, 3.8) is 0 Å². The van der Waals surface area contributed by atoms with Crippen molar-refractivity contribution in [1.29, 1.82) is 0 Å². The summed E-state index contributed by atoms with van der Waals surface area (Å²) in [5.74, 6) is -0.0332. The van der Waals surface area contributed by atoms with E-state index in [1.807, 2.05) is 13.8 Å². The fourth-order valence-corrected chi connectivity index (χ4v) is 2.17. The molecule has 18 heavy (non-hydrogen) atoms. The number of aliphatic hydroxyl groups excluding tert-OH is 1. The molecule has 0 aromatic carbocycles. The van der Waals surface area contributed by atoms with E-state index in [0.717, 1.165) is 5.69 Å². The van der Waals surface area contributed by atoms with Crippen molar-refractivity contribution >= 4 is 5.91 Å². The van der Waals surface area contributed by atoms with Gasteiger partial charge in [0.25, 0.3) is 5.91 Å². The second kappa shape index (κ2) is 5.46. The number of nitrogens with zero attached hydrogens (tertiary/aromatic N) is 2. The van der Waals surface area contributed by atoms with E-state index in [-0.39, 0.29) is 24.7 Å². The van der Waals surface area contributed by atoms with Crippen molar-refractivity contribution in [3.8, 4) is 0 Å². The quantitative estimate of drug-likeness (QED) is 0.835. The summed E-state index contributed by atoms with van der Waals surface area (Å²) < 4.78 is 5.52. The number of rotatable bonds is 2. The maximum Gasteiger partial charge on any atom is 0.254 e. The van der Waals surface area contributed by atoms with Crippen molar-refractivity contribution in [2.75, 3.05) is 19.7 Å². The highest BCUT2D eigenvalue weighted by Crippen LogP contribution is 2.14. The lowest BCUT2D eigenvalue weighted by Gasteiger charge is -2.36. The first-order chi connectivity index (χ1) is 8.60. The second-order valence-electron chi connectivity index (χ2n) is 4.65. The summed E-state index contributed by atoms with van der Waals surface area (Å²) in [7, 11) is 0. The van der Waals surface area contributed by atoms with Gasteiger partial charge in [0.05, 0.1) is 18.8 Å². The van der Waals surface area contributed by atoms with Gasteiger partial charge < -0.3 is 14.7 Å². The van der Waals surface area contributed by atoms with Gasteiger partial charge in [0.1, 0.15) is 0 Å². The molecule has 0 bridgehead atoms. The Morgan fingerprint density at radius 3 is 3.06 bits per heavy atom. The van der Waals surface area contributed by atoms with Crippen molar-refractivity contribution in [2.45, 2.75) is 26.1 Å². The van der Waals surface area contributed by atoms with Crippen molar-refractivity contribution < 1.29 is 14.6 Å². The molecule has 0 spiro atoms. The van der Waals surface area contributed by atoms with Crippen molar-refractivity contribution in [2.24, 2.45) is 0 Å². The molecule has 1 aromatic rings. The highest BCUT2D eigenvalue weighted by atomic mass is 16.5. The van der Waals surface area contributed by atoms with Crippen molar-refractivity contribution in [3.05, 3.63) is 29.6 Å². The van der Waals surface area contributed by atoms with Gasteiger partial charge in [-0.15, -0.1) is 0 Å². The first kappa shape index (κ1) is 13.0. The van der Waals surface area contributed by atoms with Gasteiger partial charge in [-0.3, -0.25) is 9.78 Å². The number of aliphatic hydroxyl groups is 1. The van der Waals surface area contributed by atoms with Gasteiger partial charge in [0.15, 0.2) is 0 Å². The minimum absolute atomic E-state index is 0.0332. The lowest BCUT2D eigenvalue weighted by Crippen LogP contribution is -2.50. The molecule has 2 unspecified atom stereocenters. The SMILES string of the molecule is Cc1cc(C(=O)N2CC(C)OC(CO)C2)ccn1. The molecule has 1 aliphatic heterocycles. The molecule has 5 nitrogen and oxygen atoms in total. The van der Waals surface area contributed by atoms with Crippen LogP contribution in [0.1, 0.15) is 23.0 Å². The van der Waals surface area contributed by atoms with Crippen LogP contribution in [-0.4, -0.2) is 52.8 Å². The molecule has 2 rings (SSSR count). The van der Waals surface area contributed by atoms with E-state index in [1.165, 1.54) is 0 Å². The summed E-state index contributed by atoms with van der Waals surface area (Å²) >= 11 is 0. The molecule has 98 valence electrons. The van der Waals surface area contributed by atoms with Crippen LogP contribution in [0.4, 0.5) is 0 Å². The topological polar surface area (TPSA) is 62.7 Å². The molecule has 0 aliphatic carbocycles. The Morgan fingerprint density at radius 1 is 1.61 bits per heavy atom. The van der Waals surface area contributed by atoms with Gasteiger partial charge in [-0.1, -0.05) is 0 Å². The van der Waals surface area contributed by atoms with E-state index >= 15 is 0 Å². The summed E-state index contributed by atoms with van der Waals surface area (Å²) in [4.78, 5) is 18.1. The summed E-state index contributed by atoms with van der Waals surface area (Å²) in [5, 5.41) is 9.15. The molecule has 1 saturated heterocycles. The zero-order chi connectivity index (χ0) is 13.1. The van der Waals surface area contributed by atoms with Crippen LogP contribution in [-0.2, 0) is 4.74 Å². The normalized spacial score (nSPS) is 24.1. The number of carbonyl (C=O) groups is 1. The second-order valence-corrected chi connectivity index (χ2v) is 4.65. The van der Waals surface area contributed by atoms with E-state index in [0.29, 0.717) is 18.7 Å². The van der Waals surface area contributed by atoms with Crippen LogP contribution in [0, 0.1) is 6.92 Å². The van der Waals surface area contributed by atoms with E-state index in [2.05, 4.69) is 4.98 Å². The first-order valence-corrected chi connectivity index (χ1v) is 6.08. The molecular formula is C13H18N2O3. The minimum Gasteiger partial charge on any atom is -0.394 e. The molecule has 0 saturated carbocycles. The number of aryl methyl sites for hydroxylation is 1. The maximum atomic E-state index is 12.3. The Bertz CT molecular complexity index is 436. The van der Waals surface area contributed by atoms with E-state index in [4.69, 9.17) is 9.84 Å². The van der Waals surface area contributed by atoms with Crippen molar-refractivity contribution in [1.82, 2.24) is 9.88 Å². The van der Waals surface area contributed by atoms with Gasteiger partial charge in [0, 0.05) is 30.5 Å². The first-order valence-electron chi connectivity index (χ1n) is 6.08. The summed E-state index contributed by atoms with van der Waals surface area (Å²) in [5.41, 5.74) is 1.45. The number of morpholine rings is 1. The highest BCUT2D eigenvalue weighted by molar-refractivity contribution is 5.94. The Labute approximate surface area is 106 Å². The van der Waals surface area contributed by atoms with Gasteiger partial charge in [0.2, 0.25) is 0 Å². The molecule has 5 heteroatoms. The van der Waals surface area contributed by atoms with E-state index < -0.39 is 0 Å². The van der Waals surface area contributed by atoms with Crippen LogP contribution in [0.3, 0.4) is 0 Å². The lowest BCUT2D eigenvalue weighted by atomic mass is 10.1. The van der Waals surface area contributed by atoms with Crippen LogP contribution >= 0.6 is 0 Å². The Hall–Kier alpha value is -1.46. The standard InChI is InChI=1S/C13H18N2O3/c1-9-5-11(3-4-14-9)13(17)15-6-10(2)18-12(7-15)8-16/h3-5,10,12,16H,6-8H2,1-2H3. The summed E-state index contributed by atoms with van der Waals surface area (Å²) in [6, 6.07) is 3.49. The minimum atomic E-state index is -0.291. The third-order valence-electron chi connectivity index (χ3n) is 2.96. The van der Waals surface area contributed by atoms with Crippen LogP contribution in [0.2, 0.25) is 0 Å². The van der Waals surface area contributed by atoms with Gasteiger partial charge in [-0.05, 0) is 26.0 Å². The molecule has 1 N–H and O–H groups in total. The zero-order valence-electron chi connectivity index (χ0n) is 10.7. The monoisotopic (exact) mass is 250 g/mol. The van der Waals surface area contributed by atoms with Gasteiger partial charge in [-0.25, -0.2) is 0 Å². The van der Waals surface area contributed by atoms with Gasteiger partial charge in [-0.2, -0.15) is 0 Å². The number of hydrogen-bond donors (Lipinski definition) is 1. The lowest BCUT2D eigenvalue weighted by molar-refractivity contribution is -0.0858.